The molecule has 1 aromatic heterocycles. The lowest BCUT2D eigenvalue weighted by Crippen LogP contribution is -2.18. The molecule has 0 aliphatic rings. The number of rotatable bonds is 3. The molecule has 0 spiro atoms. The monoisotopic (exact) mass is 189 g/mol. The average molecular weight is 190 g/mol. The molecule has 0 saturated heterocycles. The lowest BCUT2D eigenvalue weighted by molar-refractivity contribution is 0.263. The molecule has 0 saturated carbocycles. The summed E-state index contributed by atoms with van der Waals surface area (Å²) in [4.78, 5) is 3.89. The van der Waals surface area contributed by atoms with Gasteiger partial charge >= 0.3 is 0 Å². The van der Waals surface area contributed by atoms with Crippen molar-refractivity contribution in [2.24, 2.45) is 5.73 Å². The summed E-state index contributed by atoms with van der Waals surface area (Å²) in [6.45, 7) is 2.60. The second kappa shape index (κ2) is 3.89. The maximum absolute atomic E-state index is 8.83. The smallest absolute Gasteiger partial charge is 0.151 e. The molecule has 12 heavy (non-hydrogen) atoms. The van der Waals surface area contributed by atoms with Crippen molar-refractivity contribution in [1.29, 1.82) is 0 Å². The first-order valence-corrected chi connectivity index (χ1v) is 4.15. The van der Waals surface area contributed by atoms with Crippen molar-refractivity contribution in [2.45, 2.75) is 19.5 Å². The summed E-state index contributed by atoms with van der Waals surface area (Å²) in [6, 6.07) is -0.444. The molecule has 68 valence electrons. The van der Waals surface area contributed by atoms with Gasteiger partial charge in [0.05, 0.1) is 24.7 Å². The Balaban J connectivity index is 3.01. The van der Waals surface area contributed by atoms with E-state index in [-0.39, 0.29) is 6.61 Å². The van der Waals surface area contributed by atoms with E-state index >= 15 is 0 Å². The molecule has 5 heteroatoms. The number of aromatic nitrogens is 2. The van der Waals surface area contributed by atoms with Crippen molar-refractivity contribution in [3.63, 3.8) is 0 Å². The highest BCUT2D eigenvalue weighted by molar-refractivity contribution is 6.30. The molecule has 0 unspecified atom stereocenters. The summed E-state index contributed by atoms with van der Waals surface area (Å²) in [5, 5.41) is 9.20. The van der Waals surface area contributed by atoms with Crippen LogP contribution in [0.2, 0.25) is 5.15 Å². The van der Waals surface area contributed by atoms with Crippen LogP contribution in [-0.2, 0) is 6.54 Å². The van der Waals surface area contributed by atoms with Crippen LogP contribution in [0.15, 0.2) is 6.33 Å². The molecule has 0 amide bonds. The molecule has 0 fully saturated rings. The molecule has 3 N–H and O–H groups in total. The predicted octanol–water partition coefficient (Wildman–Crippen LogP) is 0.548. The number of imidazole rings is 1. The van der Waals surface area contributed by atoms with Crippen LogP contribution < -0.4 is 5.73 Å². The van der Waals surface area contributed by atoms with E-state index < -0.39 is 6.04 Å². The topological polar surface area (TPSA) is 64.1 Å². The Morgan fingerprint density at radius 1 is 1.83 bits per heavy atom. The van der Waals surface area contributed by atoms with Crippen molar-refractivity contribution in [2.75, 3.05) is 6.61 Å². The number of halogens is 1. The minimum atomic E-state index is -0.444. The zero-order valence-corrected chi connectivity index (χ0v) is 7.62. The van der Waals surface area contributed by atoms with Crippen molar-refractivity contribution < 1.29 is 5.11 Å². The molecule has 1 aromatic rings. The quantitative estimate of drug-likeness (QED) is 0.730. The number of aliphatic hydroxyl groups is 1. The molecule has 0 bridgehead atoms. The Bertz CT molecular complexity index is 261. The van der Waals surface area contributed by atoms with E-state index in [1.807, 2.05) is 11.5 Å². The van der Waals surface area contributed by atoms with Gasteiger partial charge in [-0.1, -0.05) is 11.6 Å². The number of hydrogen-bond acceptors (Lipinski definition) is 3. The van der Waals surface area contributed by atoms with Gasteiger partial charge in [0.1, 0.15) is 0 Å². The van der Waals surface area contributed by atoms with Crippen molar-refractivity contribution in [1.82, 2.24) is 9.55 Å². The standard InChI is InChI=1S/C7H12ClN3O/c1-2-11-4-10-7(8)6(11)5(9)3-12/h4-5,12H,2-3,9H2,1H3/t5-/m0/s1. The molecule has 1 rings (SSSR count). The Morgan fingerprint density at radius 3 is 3.00 bits per heavy atom. The third-order valence-corrected chi connectivity index (χ3v) is 2.01. The van der Waals surface area contributed by atoms with E-state index in [1.54, 1.807) is 6.33 Å². The van der Waals surface area contributed by atoms with Gasteiger partial charge in [0.15, 0.2) is 5.15 Å². The molecule has 0 aromatic carbocycles. The number of aryl methyl sites for hydroxylation is 1. The fourth-order valence-corrected chi connectivity index (χ4v) is 1.36. The van der Waals surface area contributed by atoms with E-state index in [0.29, 0.717) is 10.8 Å². The molecule has 1 heterocycles. The first-order chi connectivity index (χ1) is 5.70. The Morgan fingerprint density at radius 2 is 2.50 bits per heavy atom. The van der Waals surface area contributed by atoms with Crippen LogP contribution in [0.3, 0.4) is 0 Å². The molecular formula is C7H12ClN3O. The summed E-state index contributed by atoms with van der Waals surface area (Å²) >= 11 is 5.77. The first-order valence-electron chi connectivity index (χ1n) is 3.77. The van der Waals surface area contributed by atoms with Crippen LogP contribution in [0.1, 0.15) is 18.7 Å². The number of nitrogens with zero attached hydrogens (tertiary/aromatic N) is 2. The Labute approximate surface area is 76.0 Å². The van der Waals surface area contributed by atoms with Gasteiger partial charge in [-0.25, -0.2) is 4.98 Å². The fraction of sp³-hybridized carbons (Fsp3) is 0.571. The van der Waals surface area contributed by atoms with Crippen LogP contribution in [0, 0.1) is 0 Å². The fourth-order valence-electron chi connectivity index (χ4n) is 1.07. The summed E-state index contributed by atoms with van der Waals surface area (Å²) < 4.78 is 1.82. The summed E-state index contributed by atoms with van der Waals surface area (Å²) in [5.41, 5.74) is 6.32. The lowest BCUT2D eigenvalue weighted by atomic mass is 10.2. The van der Waals surface area contributed by atoms with Crippen LogP contribution in [0.25, 0.3) is 0 Å². The molecule has 0 aliphatic carbocycles. The van der Waals surface area contributed by atoms with Gasteiger partial charge < -0.3 is 15.4 Å². The van der Waals surface area contributed by atoms with Gasteiger partial charge in [0.2, 0.25) is 0 Å². The van der Waals surface area contributed by atoms with Crippen LogP contribution in [0.4, 0.5) is 0 Å². The zero-order chi connectivity index (χ0) is 9.14. The average Bonchev–Trinajstić information content (AvgIpc) is 2.45. The van der Waals surface area contributed by atoms with Gasteiger partial charge in [-0.2, -0.15) is 0 Å². The Hall–Kier alpha value is -0.580. The van der Waals surface area contributed by atoms with E-state index in [9.17, 15) is 0 Å². The second-order valence-corrected chi connectivity index (χ2v) is 2.85. The van der Waals surface area contributed by atoms with E-state index in [2.05, 4.69) is 4.98 Å². The maximum atomic E-state index is 8.83. The Kier molecular flexibility index (Phi) is 3.08. The first kappa shape index (κ1) is 9.51. The van der Waals surface area contributed by atoms with Crippen LogP contribution in [-0.4, -0.2) is 21.3 Å². The van der Waals surface area contributed by atoms with Crippen LogP contribution in [0.5, 0.6) is 0 Å². The van der Waals surface area contributed by atoms with Crippen molar-refractivity contribution in [3.05, 3.63) is 17.2 Å². The molecule has 0 radical (unpaired) electrons. The summed E-state index contributed by atoms with van der Waals surface area (Å²) in [6.07, 6.45) is 1.62. The largest absolute Gasteiger partial charge is 0.394 e. The van der Waals surface area contributed by atoms with E-state index in [0.717, 1.165) is 6.54 Å². The molecule has 0 aliphatic heterocycles. The SMILES string of the molecule is CCn1cnc(Cl)c1[C@@H](N)CO. The highest BCUT2D eigenvalue weighted by Crippen LogP contribution is 2.19. The van der Waals surface area contributed by atoms with Gasteiger partial charge in [-0.15, -0.1) is 0 Å². The predicted molar refractivity (Wildman–Crippen MR) is 46.9 cm³/mol. The number of nitrogens with two attached hydrogens (primary N) is 1. The molecule has 4 nitrogen and oxygen atoms in total. The van der Waals surface area contributed by atoms with Gasteiger partial charge in [-0.05, 0) is 6.92 Å². The van der Waals surface area contributed by atoms with Gasteiger partial charge in [0, 0.05) is 6.54 Å². The highest BCUT2D eigenvalue weighted by Gasteiger charge is 2.14. The third kappa shape index (κ3) is 1.60. The number of hydrogen-bond donors (Lipinski definition) is 2. The lowest BCUT2D eigenvalue weighted by Gasteiger charge is -2.10. The highest BCUT2D eigenvalue weighted by atomic mass is 35.5. The summed E-state index contributed by atoms with van der Waals surface area (Å²) in [5.74, 6) is 0. The second-order valence-electron chi connectivity index (χ2n) is 2.50. The maximum Gasteiger partial charge on any atom is 0.151 e. The van der Waals surface area contributed by atoms with Crippen LogP contribution >= 0.6 is 11.6 Å². The van der Waals surface area contributed by atoms with Crippen molar-refractivity contribution in [3.8, 4) is 0 Å². The van der Waals surface area contributed by atoms with Gasteiger partial charge in [-0.3, -0.25) is 0 Å². The van der Waals surface area contributed by atoms with Gasteiger partial charge in [0.25, 0.3) is 0 Å². The normalized spacial score (nSPS) is 13.3. The number of aliphatic hydroxyl groups excluding tert-OH is 1. The zero-order valence-electron chi connectivity index (χ0n) is 6.87. The van der Waals surface area contributed by atoms with Crippen molar-refractivity contribution >= 4 is 11.6 Å². The summed E-state index contributed by atoms with van der Waals surface area (Å²) in [7, 11) is 0. The minimum Gasteiger partial charge on any atom is -0.394 e. The van der Waals surface area contributed by atoms with E-state index in [1.165, 1.54) is 0 Å². The third-order valence-electron chi connectivity index (χ3n) is 1.72. The minimum absolute atomic E-state index is 0.120. The molecule has 1 atom stereocenters. The molecular weight excluding hydrogens is 178 g/mol. The van der Waals surface area contributed by atoms with E-state index in [4.69, 9.17) is 22.4 Å².